The lowest BCUT2D eigenvalue weighted by atomic mass is 9.93. The number of aromatic nitrogens is 1. The maximum atomic E-state index is 13.8. The molecule has 1 aromatic carbocycles. The van der Waals surface area contributed by atoms with Gasteiger partial charge in [0.1, 0.15) is 10.5 Å². The molecule has 1 fully saturated rings. The number of nitrogens with one attached hydrogen (secondary N) is 3. The molecule has 1 aliphatic rings. The van der Waals surface area contributed by atoms with Crippen LogP contribution in [0.1, 0.15) is 61.8 Å². The molecule has 0 aliphatic carbocycles. The van der Waals surface area contributed by atoms with Crippen LogP contribution in [0.15, 0.2) is 42.6 Å². The van der Waals surface area contributed by atoms with Crippen molar-refractivity contribution in [1.82, 2.24) is 20.1 Å². The van der Waals surface area contributed by atoms with Gasteiger partial charge in [-0.15, -0.1) is 11.3 Å². The highest BCUT2D eigenvalue weighted by Crippen LogP contribution is 2.38. The van der Waals surface area contributed by atoms with Crippen LogP contribution in [0.25, 0.3) is 11.1 Å². The summed E-state index contributed by atoms with van der Waals surface area (Å²) in [6.07, 6.45) is 2.69. The zero-order valence-electron chi connectivity index (χ0n) is 27.0. The Morgan fingerprint density at radius 2 is 1.89 bits per heavy atom. The van der Waals surface area contributed by atoms with Crippen LogP contribution in [0.2, 0.25) is 0 Å². The van der Waals surface area contributed by atoms with Crippen molar-refractivity contribution in [1.29, 1.82) is 0 Å². The predicted octanol–water partition coefficient (Wildman–Crippen LogP) is 5.74. The lowest BCUT2D eigenvalue weighted by Crippen LogP contribution is -2.63. The molecule has 10 nitrogen and oxygen atoms in total. The van der Waals surface area contributed by atoms with Gasteiger partial charge in [-0.3, -0.25) is 14.9 Å². The summed E-state index contributed by atoms with van der Waals surface area (Å²) in [6.45, 7) is 13.9. The molecule has 44 heavy (non-hydrogen) atoms. The molecule has 3 aromatic rings. The van der Waals surface area contributed by atoms with Gasteiger partial charge < -0.3 is 25.2 Å². The molecule has 3 heterocycles. The average Bonchev–Trinajstić information content (AvgIpc) is 3.38. The standard InChI is InChI=1S/C33H44N6O4S/c1-21-10-12-23(18-24(21)22-11-13-27(35-20-22)43-17-9-15-38(7)8)36-31(42)37-28-25(19-26(44-28)32(2,3)4)29(40)39-16-14-34-30(41)33(39,5)6/h10-13,18-20H,9,14-17H2,1-8H3,(H,34,41)(H2,36,37,42). The minimum Gasteiger partial charge on any atom is -0.478 e. The zero-order chi connectivity index (χ0) is 32.2. The third kappa shape index (κ3) is 7.75. The molecule has 1 aliphatic heterocycles. The van der Waals surface area contributed by atoms with Crippen molar-refractivity contribution in [2.75, 3.05) is 51.0 Å². The third-order valence-corrected chi connectivity index (χ3v) is 9.04. The van der Waals surface area contributed by atoms with Gasteiger partial charge in [0.25, 0.3) is 5.91 Å². The number of carbonyl (C=O) groups excluding carboxylic acids is 3. The first-order chi connectivity index (χ1) is 20.7. The number of pyridine rings is 1. The number of piperazine rings is 1. The Balaban J connectivity index is 1.50. The minimum atomic E-state index is -1.01. The fourth-order valence-corrected chi connectivity index (χ4v) is 5.97. The number of ether oxygens (including phenoxy) is 1. The number of urea groups is 1. The number of amides is 4. The van der Waals surface area contributed by atoms with Crippen molar-refractivity contribution < 1.29 is 19.1 Å². The summed E-state index contributed by atoms with van der Waals surface area (Å²) in [5.74, 6) is 0.0774. The largest absolute Gasteiger partial charge is 0.478 e. The lowest BCUT2D eigenvalue weighted by Gasteiger charge is -2.41. The highest BCUT2D eigenvalue weighted by Gasteiger charge is 2.42. The first kappa shape index (κ1) is 32.9. The predicted molar refractivity (Wildman–Crippen MR) is 177 cm³/mol. The number of nitrogens with zero attached hydrogens (tertiary/aromatic N) is 3. The smallest absolute Gasteiger partial charge is 0.324 e. The Morgan fingerprint density at radius 1 is 1.14 bits per heavy atom. The second-order valence-corrected chi connectivity index (χ2v) is 13.9. The van der Waals surface area contributed by atoms with Crippen LogP contribution < -0.4 is 20.7 Å². The van der Waals surface area contributed by atoms with Gasteiger partial charge in [0.15, 0.2) is 0 Å². The second kappa shape index (κ2) is 13.4. The first-order valence-electron chi connectivity index (χ1n) is 14.8. The molecular weight excluding hydrogens is 576 g/mol. The van der Waals surface area contributed by atoms with Gasteiger partial charge in [-0.2, -0.15) is 0 Å². The molecule has 1 saturated heterocycles. The molecule has 4 amide bonds. The van der Waals surface area contributed by atoms with Crippen molar-refractivity contribution in [3.63, 3.8) is 0 Å². The summed E-state index contributed by atoms with van der Waals surface area (Å²) in [6, 6.07) is 10.9. The molecule has 4 rings (SSSR count). The molecule has 0 unspecified atom stereocenters. The van der Waals surface area contributed by atoms with E-state index >= 15 is 0 Å². The number of carbonyl (C=O) groups is 3. The summed E-state index contributed by atoms with van der Waals surface area (Å²) in [5.41, 5.74) is 2.59. The fourth-order valence-electron chi connectivity index (χ4n) is 4.87. The van der Waals surface area contributed by atoms with Crippen molar-refractivity contribution in [2.45, 2.75) is 58.9 Å². The van der Waals surface area contributed by atoms with Crippen LogP contribution in [0.3, 0.4) is 0 Å². The minimum absolute atomic E-state index is 0.205. The Bertz CT molecular complexity index is 1510. The van der Waals surface area contributed by atoms with Gasteiger partial charge in [0, 0.05) is 48.0 Å². The number of aryl methyl sites for hydroxylation is 1. The maximum absolute atomic E-state index is 13.8. The average molecular weight is 621 g/mol. The van der Waals surface area contributed by atoms with E-state index in [2.05, 4.69) is 46.6 Å². The first-order valence-corrected chi connectivity index (χ1v) is 15.7. The van der Waals surface area contributed by atoms with E-state index in [1.54, 1.807) is 24.9 Å². The van der Waals surface area contributed by atoms with Crippen LogP contribution in [0, 0.1) is 6.92 Å². The van der Waals surface area contributed by atoms with Crippen molar-refractivity contribution in [2.24, 2.45) is 0 Å². The number of hydrogen-bond donors (Lipinski definition) is 3. The van der Waals surface area contributed by atoms with Gasteiger partial charge in [-0.1, -0.05) is 26.8 Å². The topological polar surface area (TPSA) is 116 Å². The molecule has 11 heteroatoms. The van der Waals surface area contributed by atoms with Crippen LogP contribution in [-0.2, 0) is 10.2 Å². The monoisotopic (exact) mass is 620 g/mol. The normalized spacial score (nSPS) is 14.8. The summed E-state index contributed by atoms with van der Waals surface area (Å²) in [5, 5.41) is 9.10. The molecule has 0 radical (unpaired) electrons. The molecule has 0 saturated carbocycles. The molecular formula is C33H44N6O4S. The van der Waals surface area contributed by atoms with Crippen molar-refractivity contribution in [3.8, 4) is 17.0 Å². The molecule has 3 N–H and O–H groups in total. The van der Waals surface area contributed by atoms with Gasteiger partial charge >= 0.3 is 6.03 Å². The Morgan fingerprint density at radius 3 is 2.55 bits per heavy atom. The van der Waals surface area contributed by atoms with Gasteiger partial charge in [-0.05, 0) is 82.1 Å². The van der Waals surface area contributed by atoms with E-state index in [1.807, 2.05) is 57.4 Å². The van der Waals surface area contributed by atoms with E-state index in [4.69, 9.17) is 4.74 Å². The van der Waals surface area contributed by atoms with E-state index in [-0.39, 0.29) is 17.2 Å². The highest BCUT2D eigenvalue weighted by atomic mass is 32.1. The quantitative estimate of drug-likeness (QED) is 0.263. The molecule has 2 aromatic heterocycles. The SMILES string of the molecule is Cc1ccc(NC(=O)Nc2sc(C(C)(C)C)cc2C(=O)N2CCNC(=O)C2(C)C)cc1-c1ccc(OCCCN(C)C)nc1. The number of rotatable bonds is 9. The number of hydrogen-bond acceptors (Lipinski definition) is 7. The van der Waals surface area contributed by atoms with E-state index in [0.717, 1.165) is 34.5 Å². The van der Waals surface area contributed by atoms with E-state index < -0.39 is 11.6 Å². The second-order valence-electron chi connectivity index (χ2n) is 12.9. The highest BCUT2D eigenvalue weighted by molar-refractivity contribution is 7.16. The van der Waals surface area contributed by atoms with E-state index in [9.17, 15) is 14.4 Å². The van der Waals surface area contributed by atoms with E-state index in [0.29, 0.717) is 41.8 Å². The summed E-state index contributed by atoms with van der Waals surface area (Å²) in [7, 11) is 4.06. The Hall–Kier alpha value is -3.96. The summed E-state index contributed by atoms with van der Waals surface area (Å²) < 4.78 is 5.77. The number of thiophene rings is 1. The molecule has 236 valence electrons. The molecule has 0 spiro atoms. The fraction of sp³-hybridized carbons (Fsp3) is 0.455. The van der Waals surface area contributed by atoms with Crippen molar-refractivity contribution in [3.05, 3.63) is 58.6 Å². The van der Waals surface area contributed by atoms with E-state index in [1.165, 1.54) is 11.3 Å². The van der Waals surface area contributed by atoms with Gasteiger partial charge in [0.2, 0.25) is 11.8 Å². The van der Waals surface area contributed by atoms with Crippen LogP contribution in [0.5, 0.6) is 5.88 Å². The Kier molecular flexibility index (Phi) is 10.00. The van der Waals surface area contributed by atoms with Crippen LogP contribution in [0.4, 0.5) is 15.5 Å². The lowest BCUT2D eigenvalue weighted by molar-refractivity contribution is -0.133. The number of anilines is 2. The molecule has 0 atom stereocenters. The molecule has 0 bridgehead atoms. The zero-order valence-corrected chi connectivity index (χ0v) is 27.8. The third-order valence-electron chi connectivity index (χ3n) is 7.57. The van der Waals surface area contributed by atoms with Gasteiger partial charge in [0.05, 0.1) is 12.2 Å². The van der Waals surface area contributed by atoms with Crippen LogP contribution >= 0.6 is 11.3 Å². The van der Waals surface area contributed by atoms with Gasteiger partial charge in [-0.25, -0.2) is 9.78 Å². The van der Waals surface area contributed by atoms with Crippen LogP contribution in [-0.4, -0.2) is 78.5 Å². The maximum Gasteiger partial charge on any atom is 0.324 e. The number of benzene rings is 1. The Labute approximate surface area is 264 Å². The summed E-state index contributed by atoms with van der Waals surface area (Å²) in [4.78, 5) is 48.7. The van der Waals surface area contributed by atoms with Crippen molar-refractivity contribution >= 4 is 39.9 Å². The summed E-state index contributed by atoms with van der Waals surface area (Å²) >= 11 is 1.37.